The van der Waals surface area contributed by atoms with E-state index in [1.807, 2.05) is 0 Å². The highest BCUT2D eigenvalue weighted by atomic mass is 15.0. The lowest BCUT2D eigenvalue weighted by Gasteiger charge is -2.28. The van der Waals surface area contributed by atoms with Crippen molar-refractivity contribution in [2.75, 3.05) is 6.54 Å². The molecular formula is C12H27N. The van der Waals surface area contributed by atoms with Gasteiger partial charge in [0.2, 0.25) is 0 Å². The SMILES string of the molecule is CCCCCCNC(C)(CC)CC. The molecule has 13 heavy (non-hydrogen) atoms. The van der Waals surface area contributed by atoms with E-state index >= 15 is 0 Å². The first kappa shape index (κ1) is 13.0. The highest BCUT2D eigenvalue weighted by molar-refractivity contribution is 4.79. The molecule has 0 saturated carbocycles. The topological polar surface area (TPSA) is 12.0 Å². The number of rotatable bonds is 8. The van der Waals surface area contributed by atoms with E-state index in [0.717, 1.165) is 0 Å². The summed E-state index contributed by atoms with van der Waals surface area (Å²) in [7, 11) is 0. The van der Waals surface area contributed by atoms with Crippen LogP contribution in [0.5, 0.6) is 0 Å². The minimum absolute atomic E-state index is 0.381. The Balaban J connectivity index is 3.39. The van der Waals surface area contributed by atoms with E-state index in [9.17, 15) is 0 Å². The van der Waals surface area contributed by atoms with Crippen molar-refractivity contribution >= 4 is 0 Å². The van der Waals surface area contributed by atoms with Gasteiger partial charge in [0.25, 0.3) is 0 Å². The summed E-state index contributed by atoms with van der Waals surface area (Å²) in [4.78, 5) is 0. The van der Waals surface area contributed by atoms with Crippen molar-refractivity contribution < 1.29 is 0 Å². The maximum Gasteiger partial charge on any atom is 0.0148 e. The molecule has 0 radical (unpaired) electrons. The second-order valence-electron chi connectivity index (χ2n) is 4.26. The van der Waals surface area contributed by atoms with Gasteiger partial charge in [0.05, 0.1) is 0 Å². The third-order valence-electron chi connectivity index (χ3n) is 3.14. The van der Waals surface area contributed by atoms with Crippen molar-refractivity contribution in [3.05, 3.63) is 0 Å². The molecule has 0 aliphatic rings. The first-order valence-electron chi connectivity index (χ1n) is 5.93. The molecule has 0 atom stereocenters. The van der Waals surface area contributed by atoms with Gasteiger partial charge >= 0.3 is 0 Å². The summed E-state index contributed by atoms with van der Waals surface area (Å²) in [5, 5.41) is 3.65. The van der Waals surface area contributed by atoms with E-state index in [-0.39, 0.29) is 0 Å². The monoisotopic (exact) mass is 185 g/mol. The van der Waals surface area contributed by atoms with E-state index in [1.165, 1.54) is 45.1 Å². The van der Waals surface area contributed by atoms with Crippen LogP contribution in [0.25, 0.3) is 0 Å². The van der Waals surface area contributed by atoms with Gasteiger partial charge in [-0.25, -0.2) is 0 Å². The minimum Gasteiger partial charge on any atom is -0.312 e. The van der Waals surface area contributed by atoms with Gasteiger partial charge in [0.1, 0.15) is 0 Å². The molecule has 1 N–H and O–H groups in total. The molecule has 0 amide bonds. The third kappa shape index (κ3) is 6.09. The van der Waals surface area contributed by atoms with E-state index < -0.39 is 0 Å². The highest BCUT2D eigenvalue weighted by Crippen LogP contribution is 2.13. The third-order valence-corrected chi connectivity index (χ3v) is 3.14. The van der Waals surface area contributed by atoms with Gasteiger partial charge in [-0.2, -0.15) is 0 Å². The summed E-state index contributed by atoms with van der Waals surface area (Å²) in [6.07, 6.45) is 7.90. The van der Waals surface area contributed by atoms with E-state index in [0.29, 0.717) is 5.54 Å². The molecule has 0 unspecified atom stereocenters. The van der Waals surface area contributed by atoms with Gasteiger partial charge in [-0.1, -0.05) is 40.0 Å². The van der Waals surface area contributed by atoms with E-state index in [2.05, 4.69) is 33.0 Å². The molecule has 1 nitrogen and oxygen atoms in total. The van der Waals surface area contributed by atoms with Gasteiger partial charge in [-0.15, -0.1) is 0 Å². The van der Waals surface area contributed by atoms with Gasteiger partial charge in [0.15, 0.2) is 0 Å². The Labute approximate surface area is 84.3 Å². The fourth-order valence-corrected chi connectivity index (χ4v) is 1.44. The lowest BCUT2D eigenvalue weighted by molar-refractivity contribution is 0.328. The second-order valence-corrected chi connectivity index (χ2v) is 4.26. The Bertz CT molecular complexity index is 106. The van der Waals surface area contributed by atoms with Crippen LogP contribution in [0.3, 0.4) is 0 Å². The summed E-state index contributed by atoms with van der Waals surface area (Å²) in [5.41, 5.74) is 0.381. The minimum atomic E-state index is 0.381. The molecule has 0 saturated heterocycles. The van der Waals surface area contributed by atoms with Crippen molar-refractivity contribution in [1.29, 1.82) is 0 Å². The van der Waals surface area contributed by atoms with Crippen LogP contribution < -0.4 is 5.32 Å². The standard InChI is InChI=1S/C12H27N/c1-5-8-9-10-11-13-12(4,6-2)7-3/h13H,5-11H2,1-4H3. The predicted octanol–water partition coefficient (Wildman–Crippen LogP) is 3.74. The largest absolute Gasteiger partial charge is 0.312 e. The Morgan fingerprint density at radius 3 is 2.00 bits per heavy atom. The molecular weight excluding hydrogens is 158 g/mol. The van der Waals surface area contributed by atoms with Crippen LogP contribution in [0.15, 0.2) is 0 Å². The van der Waals surface area contributed by atoms with Crippen molar-refractivity contribution in [1.82, 2.24) is 5.32 Å². The normalized spacial score (nSPS) is 12.0. The van der Waals surface area contributed by atoms with Crippen molar-refractivity contribution in [2.24, 2.45) is 0 Å². The van der Waals surface area contributed by atoms with Crippen LogP contribution in [-0.4, -0.2) is 12.1 Å². The zero-order valence-electron chi connectivity index (χ0n) is 9.95. The first-order valence-corrected chi connectivity index (χ1v) is 5.93. The highest BCUT2D eigenvalue weighted by Gasteiger charge is 2.17. The smallest absolute Gasteiger partial charge is 0.0148 e. The quantitative estimate of drug-likeness (QED) is 0.568. The number of nitrogens with one attached hydrogen (secondary N) is 1. The maximum atomic E-state index is 3.65. The van der Waals surface area contributed by atoms with Crippen LogP contribution in [0.2, 0.25) is 0 Å². The first-order chi connectivity index (χ1) is 6.18. The average Bonchev–Trinajstić information content (AvgIpc) is 2.17. The molecule has 0 bridgehead atoms. The molecule has 0 fully saturated rings. The number of hydrogen-bond donors (Lipinski definition) is 1. The summed E-state index contributed by atoms with van der Waals surface area (Å²) < 4.78 is 0. The molecule has 0 aromatic rings. The lowest BCUT2D eigenvalue weighted by Crippen LogP contribution is -2.41. The van der Waals surface area contributed by atoms with Crippen molar-refractivity contribution in [2.45, 2.75) is 71.8 Å². The van der Waals surface area contributed by atoms with Crippen molar-refractivity contribution in [3.8, 4) is 0 Å². The average molecular weight is 185 g/mol. The molecule has 0 spiro atoms. The van der Waals surface area contributed by atoms with Crippen LogP contribution in [0.4, 0.5) is 0 Å². The van der Waals surface area contributed by atoms with Gasteiger partial charge in [-0.05, 0) is 32.7 Å². The van der Waals surface area contributed by atoms with E-state index in [4.69, 9.17) is 0 Å². The molecule has 0 aromatic heterocycles. The Morgan fingerprint density at radius 2 is 1.54 bits per heavy atom. The molecule has 0 rings (SSSR count). The molecule has 0 heterocycles. The summed E-state index contributed by atoms with van der Waals surface area (Å²) in [5.74, 6) is 0. The van der Waals surface area contributed by atoms with Crippen LogP contribution >= 0.6 is 0 Å². The van der Waals surface area contributed by atoms with Gasteiger partial charge in [0, 0.05) is 5.54 Å². The van der Waals surface area contributed by atoms with Gasteiger partial charge in [-0.3, -0.25) is 0 Å². The Morgan fingerprint density at radius 1 is 0.923 bits per heavy atom. The predicted molar refractivity (Wildman–Crippen MR) is 61.1 cm³/mol. The summed E-state index contributed by atoms with van der Waals surface area (Å²) in [6, 6.07) is 0. The zero-order chi connectivity index (χ0) is 10.2. The molecule has 1 heteroatoms. The second kappa shape index (κ2) is 7.37. The van der Waals surface area contributed by atoms with Gasteiger partial charge < -0.3 is 5.32 Å². The van der Waals surface area contributed by atoms with E-state index in [1.54, 1.807) is 0 Å². The number of hydrogen-bond acceptors (Lipinski definition) is 1. The molecule has 0 aliphatic heterocycles. The molecule has 0 aromatic carbocycles. The zero-order valence-corrected chi connectivity index (χ0v) is 9.95. The van der Waals surface area contributed by atoms with Crippen LogP contribution in [-0.2, 0) is 0 Å². The summed E-state index contributed by atoms with van der Waals surface area (Å²) >= 11 is 0. The maximum absolute atomic E-state index is 3.65. The number of unbranched alkanes of at least 4 members (excludes halogenated alkanes) is 3. The fraction of sp³-hybridized carbons (Fsp3) is 1.00. The molecule has 0 aliphatic carbocycles. The van der Waals surface area contributed by atoms with Crippen LogP contribution in [0.1, 0.15) is 66.2 Å². The molecule has 80 valence electrons. The van der Waals surface area contributed by atoms with Crippen LogP contribution in [0, 0.1) is 0 Å². The van der Waals surface area contributed by atoms with Crippen molar-refractivity contribution in [3.63, 3.8) is 0 Å². The lowest BCUT2D eigenvalue weighted by atomic mass is 9.95. The summed E-state index contributed by atoms with van der Waals surface area (Å²) in [6.45, 7) is 10.3. The fourth-order valence-electron chi connectivity index (χ4n) is 1.44. The Kier molecular flexibility index (Phi) is 7.35. The Hall–Kier alpha value is -0.0400.